The van der Waals surface area contributed by atoms with Crippen LogP contribution in [0.5, 0.6) is 0 Å². The number of halogens is 1. The fraction of sp³-hybridized carbons (Fsp3) is 0.786. The Balaban J connectivity index is 2.28. The molecule has 1 aliphatic carbocycles. The SMILES string of the molecule is COC1(C(N)c2c(Br)cnn2C)CCC(C)(C)CC1. The zero-order valence-electron chi connectivity index (χ0n) is 12.2. The molecule has 2 rings (SSSR count). The number of nitrogens with zero attached hydrogens (tertiary/aromatic N) is 2. The Labute approximate surface area is 123 Å². The van der Waals surface area contributed by atoms with Crippen LogP contribution in [0.3, 0.4) is 0 Å². The lowest BCUT2D eigenvalue weighted by molar-refractivity contribution is -0.0809. The number of hydrogen-bond acceptors (Lipinski definition) is 3. The number of rotatable bonds is 3. The molecule has 1 aromatic heterocycles. The van der Waals surface area contributed by atoms with Crippen molar-refractivity contribution >= 4 is 15.9 Å². The highest BCUT2D eigenvalue weighted by Gasteiger charge is 2.44. The number of ether oxygens (including phenoxy) is 1. The van der Waals surface area contributed by atoms with Crippen molar-refractivity contribution in [1.82, 2.24) is 9.78 Å². The van der Waals surface area contributed by atoms with Crippen molar-refractivity contribution < 1.29 is 4.74 Å². The lowest BCUT2D eigenvalue weighted by Gasteiger charge is -2.45. The van der Waals surface area contributed by atoms with E-state index in [4.69, 9.17) is 10.5 Å². The van der Waals surface area contributed by atoms with Gasteiger partial charge in [0.05, 0.1) is 28.0 Å². The summed E-state index contributed by atoms with van der Waals surface area (Å²) in [6, 6.07) is -0.157. The molecular weight excluding hydrogens is 306 g/mol. The quantitative estimate of drug-likeness (QED) is 0.926. The van der Waals surface area contributed by atoms with Crippen molar-refractivity contribution in [3.8, 4) is 0 Å². The molecular formula is C14H24BrN3O. The van der Waals surface area contributed by atoms with Gasteiger partial charge in [0.2, 0.25) is 0 Å². The van der Waals surface area contributed by atoms with Crippen molar-refractivity contribution in [2.45, 2.75) is 51.2 Å². The average Bonchev–Trinajstić information content (AvgIpc) is 2.69. The maximum absolute atomic E-state index is 6.53. The molecule has 1 aromatic rings. The van der Waals surface area contributed by atoms with Gasteiger partial charge in [0.25, 0.3) is 0 Å². The second-order valence-electron chi connectivity index (χ2n) is 6.41. The molecule has 4 nitrogen and oxygen atoms in total. The molecule has 19 heavy (non-hydrogen) atoms. The van der Waals surface area contributed by atoms with Gasteiger partial charge in [0, 0.05) is 14.2 Å². The zero-order valence-corrected chi connectivity index (χ0v) is 13.8. The summed E-state index contributed by atoms with van der Waals surface area (Å²) >= 11 is 3.54. The predicted molar refractivity (Wildman–Crippen MR) is 79.8 cm³/mol. The fourth-order valence-corrected chi connectivity index (χ4v) is 3.61. The summed E-state index contributed by atoms with van der Waals surface area (Å²) in [6.45, 7) is 4.64. The normalized spacial score (nSPS) is 23.3. The first kappa shape index (κ1) is 15.0. The summed E-state index contributed by atoms with van der Waals surface area (Å²) in [6.07, 6.45) is 6.07. The highest BCUT2D eigenvalue weighted by Crippen LogP contribution is 2.47. The van der Waals surface area contributed by atoms with Gasteiger partial charge in [-0.25, -0.2) is 0 Å². The van der Waals surface area contributed by atoms with Crippen molar-refractivity contribution in [3.63, 3.8) is 0 Å². The first-order valence-corrected chi connectivity index (χ1v) is 7.59. The Kier molecular flexibility index (Phi) is 4.10. The van der Waals surface area contributed by atoms with Gasteiger partial charge in [-0.1, -0.05) is 13.8 Å². The van der Waals surface area contributed by atoms with E-state index in [0.29, 0.717) is 5.41 Å². The molecule has 5 heteroatoms. The van der Waals surface area contributed by atoms with Gasteiger partial charge in [-0.2, -0.15) is 5.10 Å². The fourth-order valence-electron chi connectivity index (χ4n) is 3.01. The molecule has 0 aromatic carbocycles. The minimum atomic E-state index is -0.272. The van der Waals surface area contributed by atoms with Crippen LogP contribution in [0.4, 0.5) is 0 Å². The van der Waals surface area contributed by atoms with Crippen LogP contribution in [0.25, 0.3) is 0 Å². The van der Waals surface area contributed by atoms with E-state index in [2.05, 4.69) is 34.9 Å². The Bertz CT molecular complexity index is 426. The number of nitrogens with two attached hydrogens (primary N) is 1. The molecule has 108 valence electrons. The minimum absolute atomic E-state index is 0.157. The lowest BCUT2D eigenvalue weighted by Crippen LogP contribution is -2.48. The van der Waals surface area contributed by atoms with Crippen LogP contribution < -0.4 is 5.73 Å². The van der Waals surface area contributed by atoms with Gasteiger partial charge in [-0.15, -0.1) is 0 Å². The van der Waals surface area contributed by atoms with E-state index < -0.39 is 0 Å². The molecule has 0 radical (unpaired) electrons. The van der Waals surface area contributed by atoms with Crippen LogP contribution in [0.1, 0.15) is 51.3 Å². The molecule has 0 spiro atoms. The van der Waals surface area contributed by atoms with E-state index in [0.717, 1.165) is 35.8 Å². The largest absolute Gasteiger partial charge is 0.376 e. The molecule has 1 fully saturated rings. The second-order valence-corrected chi connectivity index (χ2v) is 7.27. The summed E-state index contributed by atoms with van der Waals surface area (Å²) in [4.78, 5) is 0. The number of aromatic nitrogens is 2. The molecule has 0 amide bonds. The minimum Gasteiger partial charge on any atom is -0.376 e. The molecule has 0 bridgehead atoms. The molecule has 0 aliphatic heterocycles. The standard InChI is InChI=1S/C14H24BrN3O/c1-13(2)5-7-14(19-4,8-6-13)12(16)11-10(15)9-17-18(11)3/h9,12H,5-8,16H2,1-4H3. The monoisotopic (exact) mass is 329 g/mol. The smallest absolute Gasteiger partial charge is 0.0886 e. The van der Waals surface area contributed by atoms with Crippen molar-refractivity contribution in [2.75, 3.05) is 7.11 Å². The highest BCUT2D eigenvalue weighted by molar-refractivity contribution is 9.10. The summed E-state index contributed by atoms with van der Waals surface area (Å²) in [5.74, 6) is 0. The van der Waals surface area contributed by atoms with Crippen LogP contribution in [-0.4, -0.2) is 22.5 Å². The van der Waals surface area contributed by atoms with E-state index in [9.17, 15) is 0 Å². The molecule has 1 saturated carbocycles. The highest BCUT2D eigenvalue weighted by atomic mass is 79.9. The molecule has 1 aliphatic rings. The van der Waals surface area contributed by atoms with Crippen LogP contribution in [0.15, 0.2) is 10.7 Å². The summed E-state index contributed by atoms with van der Waals surface area (Å²) in [5.41, 5.74) is 7.67. The number of methoxy groups -OCH3 is 1. The number of hydrogen-bond donors (Lipinski definition) is 1. The molecule has 0 saturated heterocycles. The van der Waals surface area contributed by atoms with Gasteiger partial charge in [0.1, 0.15) is 0 Å². The zero-order chi connectivity index (χ0) is 14.3. The molecule has 1 heterocycles. The van der Waals surface area contributed by atoms with Crippen LogP contribution in [-0.2, 0) is 11.8 Å². The molecule has 1 atom stereocenters. The Morgan fingerprint density at radius 2 is 1.95 bits per heavy atom. The van der Waals surface area contributed by atoms with Gasteiger partial charge >= 0.3 is 0 Å². The third-order valence-electron chi connectivity index (χ3n) is 4.66. The van der Waals surface area contributed by atoms with E-state index in [1.807, 2.05) is 11.7 Å². The third-order valence-corrected chi connectivity index (χ3v) is 5.27. The van der Waals surface area contributed by atoms with E-state index >= 15 is 0 Å². The summed E-state index contributed by atoms with van der Waals surface area (Å²) in [7, 11) is 3.71. The van der Waals surface area contributed by atoms with Crippen LogP contribution in [0.2, 0.25) is 0 Å². The molecule has 1 unspecified atom stereocenters. The predicted octanol–water partition coefficient (Wildman–Crippen LogP) is 3.17. The Morgan fingerprint density at radius 3 is 2.37 bits per heavy atom. The van der Waals surface area contributed by atoms with Crippen LogP contribution >= 0.6 is 15.9 Å². The van der Waals surface area contributed by atoms with Gasteiger partial charge in [-0.05, 0) is 47.0 Å². The number of aryl methyl sites for hydroxylation is 1. The van der Waals surface area contributed by atoms with Crippen molar-refractivity contribution in [3.05, 3.63) is 16.4 Å². The van der Waals surface area contributed by atoms with Gasteiger partial charge in [0.15, 0.2) is 0 Å². The van der Waals surface area contributed by atoms with Gasteiger partial charge in [-0.3, -0.25) is 4.68 Å². The van der Waals surface area contributed by atoms with E-state index in [1.165, 1.54) is 0 Å². The summed E-state index contributed by atoms with van der Waals surface area (Å²) < 4.78 is 8.69. The van der Waals surface area contributed by atoms with Crippen LogP contribution in [0, 0.1) is 5.41 Å². The maximum atomic E-state index is 6.53. The Morgan fingerprint density at radius 1 is 1.37 bits per heavy atom. The van der Waals surface area contributed by atoms with E-state index in [1.54, 1.807) is 13.3 Å². The van der Waals surface area contributed by atoms with E-state index in [-0.39, 0.29) is 11.6 Å². The topological polar surface area (TPSA) is 53.1 Å². The van der Waals surface area contributed by atoms with Crippen molar-refractivity contribution in [2.24, 2.45) is 18.2 Å². The second kappa shape index (κ2) is 5.19. The van der Waals surface area contributed by atoms with Crippen molar-refractivity contribution in [1.29, 1.82) is 0 Å². The first-order chi connectivity index (χ1) is 8.81. The average molecular weight is 330 g/mol. The third kappa shape index (κ3) is 2.73. The Hall–Kier alpha value is -0.390. The maximum Gasteiger partial charge on any atom is 0.0886 e. The molecule has 2 N–H and O–H groups in total. The van der Waals surface area contributed by atoms with Gasteiger partial charge < -0.3 is 10.5 Å². The lowest BCUT2D eigenvalue weighted by atomic mass is 9.68. The first-order valence-electron chi connectivity index (χ1n) is 6.79. The summed E-state index contributed by atoms with van der Waals surface area (Å²) in [5, 5.41) is 4.26.